The lowest BCUT2D eigenvalue weighted by Crippen LogP contribution is -2.29. The van der Waals surface area contributed by atoms with Gasteiger partial charge in [-0.25, -0.2) is 9.18 Å². The Morgan fingerprint density at radius 2 is 1.82 bits per heavy atom. The van der Waals surface area contributed by atoms with Crippen molar-refractivity contribution < 1.29 is 18.7 Å². The number of aromatic nitrogens is 2. The molecule has 4 aromatic rings. The van der Waals surface area contributed by atoms with Gasteiger partial charge in [-0.3, -0.25) is 14.8 Å². The zero-order chi connectivity index (χ0) is 23.8. The fraction of sp³-hybridized carbons (Fsp3) is 0.148. The van der Waals surface area contributed by atoms with E-state index in [1.807, 2.05) is 31.2 Å². The summed E-state index contributed by atoms with van der Waals surface area (Å²) in [5, 5.41) is 7.35. The van der Waals surface area contributed by atoms with E-state index in [-0.39, 0.29) is 12.5 Å². The molecule has 3 aromatic carbocycles. The summed E-state index contributed by atoms with van der Waals surface area (Å²) >= 11 is 0. The fourth-order valence-corrected chi connectivity index (χ4v) is 4.31. The van der Waals surface area contributed by atoms with Crippen LogP contribution >= 0.6 is 0 Å². The highest BCUT2D eigenvalue weighted by atomic mass is 19.1. The quantitative estimate of drug-likeness (QED) is 0.406. The number of H-pyrrole nitrogens is 1. The van der Waals surface area contributed by atoms with Crippen LogP contribution < -0.4 is 4.90 Å². The Labute approximate surface area is 196 Å². The normalized spacial score (nSPS) is 14.9. The topological polar surface area (TPSA) is 75.3 Å². The summed E-state index contributed by atoms with van der Waals surface area (Å²) in [4.78, 5) is 27.2. The van der Waals surface area contributed by atoms with Crippen LogP contribution in [0.5, 0.6) is 0 Å². The molecule has 1 aromatic heterocycles. The Morgan fingerprint density at radius 3 is 2.50 bits per heavy atom. The number of rotatable bonds is 5. The number of carbonyl (C=O) groups is 2. The van der Waals surface area contributed by atoms with E-state index in [9.17, 15) is 14.0 Å². The summed E-state index contributed by atoms with van der Waals surface area (Å²) in [6, 6.07) is 20.1. The molecule has 0 saturated heterocycles. The van der Waals surface area contributed by atoms with Crippen LogP contribution in [0.1, 0.15) is 50.5 Å². The maximum atomic E-state index is 14.3. The third-order valence-electron chi connectivity index (χ3n) is 5.91. The number of aromatic amines is 1. The molecule has 0 unspecified atom stereocenters. The van der Waals surface area contributed by atoms with Crippen LogP contribution in [0.25, 0.3) is 11.3 Å². The Bertz CT molecular complexity index is 1380. The average Bonchev–Trinajstić information content (AvgIpc) is 3.39. The first-order valence-corrected chi connectivity index (χ1v) is 11.0. The molecule has 1 N–H and O–H groups in total. The van der Waals surface area contributed by atoms with E-state index in [1.54, 1.807) is 48.2 Å². The van der Waals surface area contributed by atoms with Crippen molar-refractivity contribution in [2.24, 2.45) is 0 Å². The van der Waals surface area contributed by atoms with E-state index >= 15 is 0 Å². The minimum atomic E-state index is -0.596. The van der Waals surface area contributed by atoms with Crippen LogP contribution in [0.4, 0.5) is 10.1 Å². The molecule has 7 heteroatoms. The second-order valence-corrected chi connectivity index (χ2v) is 8.13. The third kappa shape index (κ3) is 3.65. The van der Waals surface area contributed by atoms with Crippen LogP contribution in [0.2, 0.25) is 0 Å². The van der Waals surface area contributed by atoms with Crippen molar-refractivity contribution in [2.75, 3.05) is 11.5 Å². The number of aryl methyl sites for hydroxylation is 1. The van der Waals surface area contributed by atoms with Gasteiger partial charge in [0.05, 0.1) is 23.9 Å². The number of carbonyl (C=O) groups excluding carboxylic acids is 2. The number of benzene rings is 3. The predicted octanol–water partition coefficient (Wildman–Crippen LogP) is 5.45. The van der Waals surface area contributed by atoms with E-state index in [1.165, 1.54) is 12.1 Å². The van der Waals surface area contributed by atoms with Gasteiger partial charge in [-0.05, 0) is 55.8 Å². The molecule has 0 spiro atoms. The van der Waals surface area contributed by atoms with E-state index in [2.05, 4.69) is 10.2 Å². The first-order valence-electron chi connectivity index (χ1n) is 11.0. The number of esters is 1. The van der Waals surface area contributed by atoms with Crippen molar-refractivity contribution in [3.8, 4) is 11.3 Å². The first kappa shape index (κ1) is 21.6. The number of halogens is 1. The van der Waals surface area contributed by atoms with Gasteiger partial charge in [-0.1, -0.05) is 42.0 Å². The largest absolute Gasteiger partial charge is 0.462 e. The summed E-state index contributed by atoms with van der Waals surface area (Å²) in [5.41, 5.74) is 5.24. The Morgan fingerprint density at radius 1 is 1.09 bits per heavy atom. The molecule has 0 radical (unpaired) electrons. The number of amides is 1. The van der Waals surface area contributed by atoms with Gasteiger partial charge in [0, 0.05) is 16.8 Å². The molecule has 5 rings (SSSR count). The second-order valence-electron chi connectivity index (χ2n) is 8.13. The number of nitrogens with one attached hydrogen (secondary N) is 1. The molecule has 1 atom stereocenters. The molecule has 0 saturated carbocycles. The lowest BCUT2D eigenvalue weighted by atomic mass is 9.95. The van der Waals surface area contributed by atoms with Gasteiger partial charge < -0.3 is 4.74 Å². The van der Waals surface area contributed by atoms with Crippen molar-refractivity contribution in [3.05, 3.63) is 107 Å². The maximum Gasteiger partial charge on any atom is 0.338 e. The molecular weight excluding hydrogens is 433 g/mol. The molecule has 1 amide bonds. The van der Waals surface area contributed by atoms with Crippen LogP contribution in [0, 0.1) is 12.7 Å². The van der Waals surface area contributed by atoms with Gasteiger partial charge >= 0.3 is 5.97 Å². The SMILES string of the molecule is CCOC(=O)c1ccc(N2C(=O)c3[nH]nc(-c4ccc(C)cc4)c3[C@H]2c2cccc(F)c2)cc1. The molecule has 0 fully saturated rings. The zero-order valence-electron chi connectivity index (χ0n) is 18.7. The molecule has 1 aliphatic rings. The van der Waals surface area contributed by atoms with Crippen LogP contribution in [0.3, 0.4) is 0 Å². The predicted molar refractivity (Wildman–Crippen MR) is 126 cm³/mol. The van der Waals surface area contributed by atoms with Crippen LogP contribution in [-0.4, -0.2) is 28.7 Å². The monoisotopic (exact) mass is 455 g/mol. The highest BCUT2D eigenvalue weighted by molar-refractivity contribution is 6.12. The minimum absolute atomic E-state index is 0.274. The smallest absolute Gasteiger partial charge is 0.338 e. The average molecular weight is 455 g/mol. The van der Waals surface area contributed by atoms with Crippen LogP contribution in [0.15, 0.2) is 72.8 Å². The Kier molecular flexibility index (Phi) is 5.45. The molecule has 0 bridgehead atoms. The van der Waals surface area contributed by atoms with Gasteiger partial charge in [0.2, 0.25) is 0 Å². The summed E-state index contributed by atoms with van der Waals surface area (Å²) in [7, 11) is 0. The lowest BCUT2D eigenvalue weighted by molar-refractivity contribution is 0.0526. The van der Waals surface area contributed by atoms with E-state index in [4.69, 9.17) is 4.74 Å². The van der Waals surface area contributed by atoms with Crippen LogP contribution in [-0.2, 0) is 4.74 Å². The highest BCUT2D eigenvalue weighted by Crippen LogP contribution is 2.45. The van der Waals surface area contributed by atoms with E-state index in [0.29, 0.717) is 33.8 Å². The Hall–Kier alpha value is -4.26. The molecule has 2 heterocycles. The van der Waals surface area contributed by atoms with Crippen molar-refractivity contribution in [1.82, 2.24) is 10.2 Å². The zero-order valence-corrected chi connectivity index (χ0v) is 18.7. The standard InChI is InChI=1S/C27H22FN3O3/c1-3-34-27(33)18-11-13-21(14-12-18)31-25(19-5-4-6-20(28)15-19)22-23(29-30-24(22)26(31)32)17-9-7-16(2)8-10-17/h4-15,25H,3H2,1-2H3,(H,29,30)/t25-/m1/s1. The minimum Gasteiger partial charge on any atom is -0.462 e. The molecule has 34 heavy (non-hydrogen) atoms. The molecule has 1 aliphatic heterocycles. The van der Waals surface area contributed by atoms with Crippen molar-refractivity contribution in [1.29, 1.82) is 0 Å². The number of hydrogen-bond donors (Lipinski definition) is 1. The van der Waals surface area contributed by atoms with Crippen molar-refractivity contribution in [2.45, 2.75) is 19.9 Å². The van der Waals surface area contributed by atoms with Gasteiger partial charge in [0.25, 0.3) is 5.91 Å². The highest BCUT2D eigenvalue weighted by Gasteiger charge is 2.43. The summed E-state index contributed by atoms with van der Waals surface area (Å²) in [6.45, 7) is 4.02. The lowest BCUT2D eigenvalue weighted by Gasteiger charge is -2.26. The van der Waals surface area contributed by atoms with Gasteiger partial charge in [0.15, 0.2) is 0 Å². The van der Waals surface area contributed by atoms with E-state index < -0.39 is 17.8 Å². The summed E-state index contributed by atoms with van der Waals surface area (Å²) in [5.74, 6) is -1.10. The summed E-state index contributed by atoms with van der Waals surface area (Å²) < 4.78 is 19.3. The van der Waals surface area contributed by atoms with Crippen molar-refractivity contribution >= 4 is 17.6 Å². The fourth-order valence-electron chi connectivity index (χ4n) is 4.31. The second kappa shape index (κ2) is 8.59. The van der Waals surface area contributed by atoms with E-state index in [0.717, 1.165) is 11.1 Å². The third-order valence-corrected chi connectivity index (χ3v) is 5.91. The summed E-state index contributed by atoms with van der Waals surface area (Å²) in [6.07, 6.45) is 0. The molecule has 170 valence electrons. The molecular formula is C27H22FN3O3. The van der Waals surface area contributed by atoms with Crippen molar-refractivity contribution in [3.63, 3.8) is 0 Å². The van der Waals surface area contributed by atoms with Gasteiger partial charge in [-0.15, -0.1) is 0 Å². The maximum absolute atomic E-state index is 14.3. The number of nitrogens with zero attached hydrogens (tertiary/aromatic N) is 2. The first-order chi connectivity index (χ1) is 16.5. The van der Waals surface area contributed by atoms with Gasteiger partial charge in [0.1, 0.15) is 11.5 Å². The number of anilines is 1. The van der Waals surface area contributed by atoms with Gasteiger partial charge in [-0.2, -0.15) is 5.10 Å². The molecule has 0 aliphatic carbocycles. The Balaban J connectivity index is 1.64. The number of ether oxygens (including phenoxy) is 1. The number of hydrogen-bond acceptors (Lipinski definition) is 4. The number of fused-ring (bicyclic) bond motifs is 1. The molecule has 6 nitrogen and oxygen atoms in total.